The molecule has 1 unspecified atom stereocenters. The number of aliphatic hydroxyl groups excluding tert-OH is 1. The third kappa shape index (κ3) is 3.51. The van der Waals surface area contributed by atoms with E-state index < -0.39 is 0 Å². The van der Waals surface area contributed by atoms with E-state index in [0.717, 1.165) is 25.0 Å². The number of hydrogen-bond acceptors (Lipinski definition) is 3. The molecule has 0 amide bonds. The zero-order valence-electron chi connectivity index (χ0n) is 10.1. The number of rotatable bonds is 5. The summed E-state index contributed by atoms with van der Waals surface area (Å²) in [4.78, 5) is 4.29. The van der Waals surface area contributed by atoms with Crippen molar-refractivity contribution in [2.24, 2.45) is 0 Å². The van der Waals surface area contributed by atoms with Crippen molar-refractivity contribution in [2.75, 3.05) is 6.54 Å². The van der Waals surface area contributed by atoms with Crippen LogP contribution in [0.15, 0.2) is 36.5 Å². The van der Waals surface area contributed by atoms with Gasteiger partial charge in [0.15, 0.2) is 0 Å². The van der Waals surface area contributed by atoms with Gasteiger partial charge in [0.1, 0.15) is 0 Å². The summed E-state index contributed by atoms with van der Waals surface area (Å²) >= 11 is 0. The maximum atomic E-state index is 9.14. The van der Waals surface area contributed by atoms with Crippen molar-refractivity contribution < 1.29 is 5.11 Å². The Hall–Kier alpha value is -1.45. The first-order valence-corrected chi connectivity index (χ1v) is 5.98. The standard InChI is InChI=1S/C14H18N2O/c1-11(17)6-8-15-10-12-4-5-14-13(9-12)3-2-7-16-14/h2-5,7,9,11,15,17H,6,8,10H2,1H3. The van der Waals surface area contributed by atoms with Crippen LogP contribution in [0, 0.1) is 0 Å². The lowest BCUT2D eigenvalue weighted by atomic mass is 10.1. The van der Waals surface area contributed by atoms with Crippen molar-refractivity contribution in [3.8, 4) is 0 Å². The number of fused-ring (bicyclic) bond motifs is 1. The highest BCUT2D eigenvalue weighted by Gasteiger charge is 1.98. The van der Waals surface area contributed by atoms with E-state index >= 15 is 0 Å². The first-order valence-electron chi connectivity index (χ1n) is 5.98. The molecule has 1 atom stereocenters. The van der Waals surface area contributed by atoms with Crippen LogP contribution in [0.5, 0.6) is 0 Å². The smallest absolute Gasteiger partial charge is 0.0702 e. The molecule has 0 saturated heterocycles. The molecular formula is C14H18N2O. The highest BCUT2D eigenvalue weighted by atomic mass is 16.3. The van der Waals surface area contributed by atoms with Gasteiger partial charge in [0.05, 0.1) is 11.6 Å². The van der Waals surface area contributed by atoms with Crippen LogP contribution in [0.4, 0.5) is 0 Å². The maximum Gasteiger partial charge on any atom is 0.0702 e. The molecule has 0 aliphatic carbocycles. The number of benzene rings is 1. The fraction of sp³-hybridized carbons (Fsp3) is 0.357. The number of nitrogens with zero attached hydrogens (tertiary/aromatic N) is 1. The summed E-state index contributed by atoms with van der Waals surface area (Å²) in [6.07, 6.45) is 2.36. The molecule has 0 spiro atoms. The second-order valence-corrected chi connectivity index (χ2v) is 4.34. The van der Waals surface area contributed by atoms with Crippen LogP contribution in [0.3, 0.4) is 0 Å². The van der Waals surface area contributed by atoms with Crippen molar-refractivity contribution in [3.63, 3.8) is 0 Å². The monoisotopic (exact) mass is 230 g/mol. The molecule has 3 nitrogen and oxygen atoms in total. The van der Waals surface area contributed by atoms with Gasteiger partial charge >= 0.3 is 0 Å². The van der Waals surface area contributed by atoms with Crippen molar-refractivity contribution in [2.45, 2.75) is 26.0 Å². The Morgan fingerprint density at radius 2 is 2.24 bits per heavy atom. The SMILES string of the molecule is CC(O)CCNCc1ccc2ncccc2c1. The molecule has 0 aliphatic rings. The van der Waals surface area contributed by atoms with Gasteiger partial charge in [0.25, 0.3) is 0 Å². The number of nitrogens with one attached hydrogen (secondary N) is 1. The molecule has 1 aromatic heterocycles. The van der Waals surface area contributed by atoms with E-state index in [9.17, 15) is 0 Å². The lowest BCUT2D eigenvalue weighted by molar-refractivity contribution is 0.183. The highest BCUT2D eigenvalue weighted by Crippen LogP contribution is 2.12. The van der Waals surface area contributed by atoms with E-state index in [-0.39, 0.29) is 6.10 Å². The van der Waals surface area contributed by atoms with E-state index in [2.05, 4.69) is 28.5 Å². The summed E-state index contributed by atoms with van der Waals surface area (Å²) in [6.45, 7) is 3.48. The van der Waals surface area contributed by atoms with Crippen molar-refractivity contribution >= 4 is 10.9 Å². The molecule has 1 heterocycles. The van der Waals surface area contributed by atoms with Gasteiger partial charge in [-0.3, -0.25) is 4.98 Å². The largest absolute Gasteiger partial charge is 0.393 e. The molecule has 0 radical (unpaired) electrons. The molecule has 2 rings (SSSR count). The minimum atomic E-state index is -0.233. The summed E-state index contributed by atoms with van der Waals surface area (Å²) in [5.74, 6) is 0. The van der Waals surface area contributed by atoms with Gasteiger partial charge in [-0.2, -0.15) is 0 Å². The Morgan fingerprint density at radius 1 is 1.35 bits per heavy atom. The second kappa shape index (κ2) is 5.75. The predicted octanol–water partition coefficient (Wildman–Crippen LogP) is 2.10. The second-order valence-electron chi connectivity index (χ2n) is 4.34. The van der Waals surface area contributed by atoms with Crippen LogP contribution in [0.1, 0.15) is 18.9 Å². The van der Waals surface area contributed by atoms with Crippen LogP contribution in [-0.4, -0.2) is 22.7 Å². The topological polar surface area (TPSA) is 45.1 Å². The maximum absolute atomic E-state index is 9.14. The lowest BCUT2D eigenvalue weighted by Gasteiger charge is -2.07. The minimum absolute atomic E-state index is 0.233. The Kier molecular flexibility index (Phi) is 4.07. The molecule has 3 heteroatoms. The van der Waals surface area contributed by atoms with Crippen molar-refractivity contribution in [1.29, 1.82) is 0 Å². The van der Waals surface area contributed by atoms with Gasteiger partial charge < -0.3 is 10.4 Å². The number of hydrogen-bond donors (Lipinski definition) is 2. The summed E-state index contributed by atoms with van der Waals surface area (Å²) in [5.41, 5.74) is 2.27. The highest BCUT2D eigenvalue weighted by molar-refractivity contribution is 5.78. The van der Waals surface area contributed by atoms with Gasteiger partial charge in [0.2, 0.25) is 0 Å². The molecule has 0 fully saturated rings. The van der Waals surface area contributed by atoms with E-state index in [4.69, 9.17) is 5.11 Å². The summed E-state index contributed by atoms with van der Waals surface area (Å²) in [6, 6.07) is 10.3. The zero-order chi connectivity index (χ0) is 12.1. The van der Waals surface area contributed by atoms with Gasteiger partial charge in [0, 0.05) is 18.1 Å². The first-order chi connectivity index (χ1) is 8.25. The third-order valence-electron chi connectivity index (χ3n) is 2.74. The molecule has 2 aromatic rings. The third-order valence-corrected chi connectivity index (χ3v) is 2.74. The molecule has 17 heavy (non-hydrogen) atoms. The lowest BCUT2D eigenvalue weighted by Crippen LogP contribution is -2.18. The summed E-state index contributed by atoms with van der Waals surface area (Å²) in [5, 5.41) is 13.6. The zero-order valence-corrected chi connectivity index (χ0v) is 10.1. The molecular weight excluding hydrogens is 212 g/mol. The molecule has 2 N–H and O–H groups in total. The number of aromatic nitrogens is 1. The fourth-order valence-electron chi connectivity index (χ4n) is 1.78. The fourth-order valence-corrected chi connectivity index (χ4v) is 1.78. The first kappa shape index (κ1) is 12.0. The number of pyridine rings is 1. The van der Waals surface area contributed by atoms with E-state index in [1.54, 1.807) is 0 Å². The summed E-state index contributed by atoms with van der Waals surface area (Å²) < 4.78 is 0. The Labute approximate surface area is 102 Å². The van der Waals surface area contributed by atoms with Crippen molar-refractivity contribution in [3.05, 3.63) is 42.1 Å². The predicted molar refractivity (Wildman–Crippen MR) is 69.7 cm³/mol. The van der Waals surface area contributed by atoms with Crippen LogP contribution in [0.25, 0.3) is 10.9 Å². The Bertz CT molecular complexity index is 482. The van der Waals surface area contributed by atoms with Gasteiger partial charge in [-0.15, -0.1) is 0 Å². The molecule has 0 saturated carbocycles. The molecule has 90 valence electrons. The minimum Gasteiger partial charge on any atom is -0.393 e. The van der Waals surface area contributed by atoms with Crippen LogP contribution in [0.2, 0.25) is 0 Å². The molecule has 1 aromatic carbocycles. The Morgan fingerprint density at radius 3 is 3.06 bits per heavy atom. The van der Waals surface area contributed by atoms with Gasteiger partial charge in [-0.05, 0) is 43.7 Å². The quantitative estimate of drug-likeness (QED) is 0.773. The average Bonchev–Trinajstić information content (AvgIpc) is 2.34. The molecule has 0 aliphatic heterocycles. The van der Waals surface area contributed by atoms with Crippen LogP contribution in [-0.2, 0) is 6.54 Å². The average molecular weight is 230 g/mol. The van der Waals surface area contributed by atoms with Crippen molar-refractivity contribution in [1.82, 2.24) is 10.3 Å². The van der Waals surface area contributed by atoms with E-state index in [0.29, 0.717) is 0 Å². The van der Waals surface area contributed by atoms with Crippen LogP contribution >= 0.6 is 0 Å². The van der Waals surface area contributed by atoms with E-state index in [1.807, 2.05) is 25.3 Å². The number of aliphatic hydroxyl groups is 1. The summed E-state index contributed by atoms with van der Waals surface area (Å²) in [7, 11) is 0. The van der Waals surface area contributed by atoms with E-state index in [1.165, 1.54) is 10.9 Å². The Balaban J connectivity index is 1.95. The van der Waals surface area contributed by atoms with Crippen LogP contribution < -0.4 is 5.32 Å². The molecule has 0 bridgehead atoms. The van der Waals surface area contributed by atoms with Gasteiger partial charge in [-0.1, -0.05) is 12.1 Å². The normalized spacial score (nSPS) is 12.8. The van der Waals surface area contributed by atoms with Gasteiger partial charge in [-0.25, -0.2) is 0 Å².